The molecule has 3 nitrogen and oxygen atoms in total. The minimum Gasteiger partial charge on any atom is -0.508 e. The Morgan fingerprint density at radius 1 is 1.37 bits per heavy atom. The molecule has 19 heavy (non-hydrogen) atoms. The third-order valence-electron chi connectivity index (χ3n) is 4.31. The minimum atomic E-state index is 0.0208. The highest BCUT2D eigenvalue weighted by Crippen LogP contribution is 2.28. The second-order valence-corrected chi connectivity index (χ2v) is 5.79. The van der Waals surface area contributed by atoms with Gasteiger partial charge >= 0.3 is 0 Å². The van der Waals surface area contributed by atoms with Crippen LogP contribution in [-0.4, -0.2) is 29.0 Å². The van der Waals surface area contributed by atoms with Gasteiger partial charge in [0.05, 0.1) is 0 Å². The molecule has 1 aliphatic rings. The largest absolute Gasteiger partial charge is 0.508 e. The summed E-state index contributed by atoms with van der Waals surface area (Å²) in [5, 5.41) is 9.71. The fraction of sp³-hybridized carbons (Fsp3) is 0.562. The molecular weight excluding hydrogens is 238 g/mol. The molecule has 0 radical (unpaired) electrons. The lowest BCUT2D eigenvalue weighted by molar-refractivity contribution is 0.0671. The van der Waals surface area contributed by atoms with Gasteiger partial charge in [0.2, 0.25) is 0 Å². The SMILES string of the molecule is Cc1c(O)cccc1C(=O)N(C)C1CCCC(C)C1. The highest BCUT2D eigenvalue weighted by molar-refractivity contribution is 5.96. The Morgan fingerprint density at radius 2 is 2.11 bits per heavy atom. The summed E-state index contributed by atoms with van der Waals surface area (Å²) in [5.41, 5.74) is 1.28. The lowest BCUT2D eigenvalue weighted by atomic mass is 9.86. The van der Waals surface area contributed by atoms with Gasteiger partial charge in [0.1, 0.15) is 5.75 Å². The zero-order valence-electron chi connectivity index (χ0n) is 12.0. The predicted octanol–water partition coefficient (Wildman–Crippen LogP) is 3.35. The number of hydrogen-bond acceptors (Lipinski definition) is 2. The van der Waals surface area contributed by atoms with Crippen LogP contribution in [0.5, 0.6) is 5.75 Å². The number of phenols is 1. The van der Waals surface area contributed by atoms with Crippen LogP contribution in [0.4, 0.5) is 0 Å². The Balaban J connectivity index is 2.16. The molecule has 1 amide bonds. The molecule has 2 unspecified atom stereocenters. The van der Waals surface area contributed by atoms with Gasteiger partial charge in [0, 0.05) is 24.2 Å². The van der Waals surface area contributed by atoms with Gasteiger partial charge in [-0.05, 0) is 37.8 Å². The molecule has 0 aromatic heterocycles. The lowest BCUT2D eigenvalue weighted by Crippen LogP contribution is -2.40. The number of phenolic OH excluding ortho intramolecular Hbond substituents is 1. The van der Waals surface area contributed by atoms with Crippen LogP contribution in [-0.2, 0) is 0 Å². The Hall–Kier alpha value is -1.51. The average molecular weight is 261 g/mol. The number of nitrogens with zero attached hydrogens (tertiary/aromatic N) is 1. The van der Waals surface area contributed by atoms with E-state index < -0.39 is 0 Å². The van der Waals surface area contributed by atoms with Gasteiger partial charge in [-0.25, -0.2) is 0 Å². The molecule has 2 rings (SSSR count). The molecule has 3 heteroatoms. The molecule has 1 fully saturated rings. The molecule has 1 N–H and O–H groups in total. The predicted molar refractivity (Wildman–Crippen MR) is 76.4 cm³/mol. The smallest absolute Gasteiger partial charge is 0.254 e. The molecule has 0 heterocycles. The first-order valence-corrected chi connectivity index (χ1v) is 7.06. The maximum Gasteiger partial charge on any atom is 0.254 e. The molecule has 1 saturated carbocycles. The van der Waals surface area contributed by atoms with Crippen molar-refractivity contribution in [2.45, 2.75) is 45.6 Å². The van der Waals surface area contributed by atoms with Gasteiger partial charge in [-0.3, -0.25) is 4.79 Å². The van der Waals surface area contributed by atoms with Crippen molar-refractivity contribution in [3.8, 4) is 5.75 Å². The summed E-state index contributed by atoms with van der Waals surface area (Å²) in [6.45, 7) is 4.05. The second-order valence-electron chi connectivity index (χ2n) is 5.79. The maximum atomic E-state index is 12.5. The molecule has 0 bridgehead atoms. The summed E-state index contributed by atoms with van der Waals surface area (Å²) in [5.74, 6) is 0.906. The highest BCUT2D eigenvalue weighted by Gasteiger charge is 2.26. The van der Waals surface area contributed by atoms with Crippen molar-refractivity contribution in [2.24, 2.45) is 5.92 Å². The molecule has 1 aromatic rings. The van der Waals surface area contributed by atoms with E-state index in [1.54, 1.807) is 25.1 Å². The summed E-state index contributed by atoms with van der Waals surface area (Å²) in [6.07, 6.45) is 4.64. The summed E-state index contributed by atoms with van der Waals surface area (Å²) in [6, 6.07) is 5.47. The van der Waals surface area contributed by atoms with Crippen LogP contribution in [0.3, 0.4) is 0 Å². The van der Waals surface area contributed by atoms with Gasteiger partial charge in [0.25, 0.3) is 5.91 Å². The normalized spacial score (nSPS) is 23.1. The fourth-order valence-corrected chi connectivity index (χ4v) is 2.96. The Kier molecular flexibility index (Phi) is 4.13. The van der Waals surface area contributed by atoms with E-state index in [0.717, 1.165) is 12.8 Å². The van der Waals surface area contributed by atoms with Gasteiger partial charge < -0.3 is 10.0 Å². The second kappa shape index (κ2) is 5.64. The Morgan fingerprint density at radius 3 is 2.79 bits per heavy atom. The number of hydrogen-bond donors (Lipinski definition) is 1. The molecule has 2 atom stereocenters. The van der Waals surface area contributed by atoms with E-state index in [4.69, 9.17) is 0 Å². The molecule has 0 spiro atoms. The number of carbonyl (C=O) groups excluding carboxylic acids is 1. The standard InChI is InChI=1S/C16H23NO2/c1-11-6-4-7-13(10-11)17(3)16(19)14-8-5-9-15(18)12(14)2/h5,8-9,11,13,18H,4,6-7,10H2,1-3H3. The van der Waals surface area contributed by atoms with Crippen LogP contribution in [0.25, 0.3) is 0 Å². The first-order valence-electron chi connectivity index (χ1n) is 7.06. The van der Waals surface area contributed by atoms with Crippen LogP contribution in [0.15, 0.2) is 18.2 Å². The van der Waals surface area contributed by atoms with E-state index in [2.05, 4.69) is 6.92 Å². The molecule has 104 valence electrons. The molecule has 0 aliphatic heterocycles. The topological polar surface area (TPSA) is 40.5 Å². The number of rotatable bonds is 2. The van der Waals surface area contributed by atoms with Crippen LogP contribution in [0, 0.1) is 12.8 Å². The van der Waals surface area contributed by atoms with E-state index in [1.807, 2.05) is 11.9 Å². The summed E-state index contributed by atoms with van der Waals surface area (Å²) in [4.78, 5) is 14.4. The molecule has 1 aliphatic carbocycles. The summed E-state index contributed by atoms with van der Waals surface area (Å²) < 4.78 is 0. The van der Waals surface area contributed by atoms with E-state index in [0.29, 0.717) is 23.1 Å². The molecular formula is C16H23NO2. The number of aromatic hydroxyl groups is 1. The van der Waals surface area contributed by atoms with Crippen molar-refractivity contribution in [3.63, 3.8) is 0 Å². The quantitative estimate of drug-likeness (QED) is 0.887. The Bertz CT molecular complexity index is 470. The first-order chi connectivity index (χ1) is 9.00. The molecule has 0 saturated heterocycles. The number of carbonyl (C=O) groups is 1. The van der Waals surface area contributed by atoms with Crippen molar-refractivity contribution in [3.05, 3.63) is 29.3 Å². The van der Waals surface area contributed by atoms with Gasteiger partial charge in [-0.2, -0.15) is 0 Å². The van der Waals surface area contributed by atoms with Crippen LogP contribution >= 0.6 is 0 Å². The van der Waals surface area contributed by atoms with Gasteiger partial charge in [0.15, 0.2) is 0 Å². The van der Waals surface area contributed by atoms with Crippen LogP contribution in [0.1, 0.15) is 48.5 Å². The maximum absolute atomic E-state index is 12.5. The third kappa shape index (κ3) is 2.91. The molecule has 1 aromatic carbocycles. The van der Waals surface area contributed by atoms with Crippen molar-refractivity contribution in [1.29, 1.82) is 0 Å². The van der Waals surface area contributed by atoms with E-state index in [-0.39, 0.29) is 11.7 Å². The van der Waals surface area contributed by atoms with E-state index >= 15 is 0 Å². The van der Waals surface area contributed by atoms with E-state index in [9.17, 15) is 9.90 Å². The zero-order valence-corrected chi connectivity index (χ0v) is 12.0. The van der Waals surface area contributed by atoms with Crippen LogP contribution < -0.4 is 0 Å². The first kappa shape index (κ1) is 13.9. The fourth-order valence-electron chi connectivity index (χ4n) is 2.96. The van der Waals surface area contributed by atoms with Crippen LogP contribution in [0.2, 0.25) is 0 Å². The Labute approximate surface area is 115 Å². The number of benzene rings is 1. The monoisotopic (exact) mass is 261 g/mol. The van der Waals surface area contributed by atoms with Crippen molar-refractivity contribution >= 4 is 5.91 Å². The van der Waals surface area contributed by atoms with E-state index in [1.165, 1.54) is 12.8 Å². The van der Waals surface area contributed by atoms with Crippen molar-refractivity contribution in [2.75, 3.05) is 7.05 Å². The van der Waals surface area contributed by atoms with Crippen molar-refractivity contribution in [1.82, 2.24) is 4.90 Å². The summed E-state index contributed by atoms with van der Waals surface area (Å²) >= 11 is 0. The van der Waals surface area contributed by atoms with Gasteiger partial charge in [-0.1, -0.05) is 25.8 Å². The summed E-state index contributed by atoms with van der Waals surface area (Å²) in [7, 11) is 1.88. The third-order valence-corrected chi connectivity index (χ3v) is 4.31. The highest BCUT2D eigenvalue weighted by atomic mass is 16.3. The van der Waals surface area contributed by atoms with Crippen molar-refractivity contribution < 1.29 is 9.90 Å². The minimum absolute atomic E-state index is 0.0208. The average Bonchev–Trinajstić information content (AvgIpc) is 2.40. The lowest BCUT2D eigenvalue weighted by Gasteiger charge is -2.34. The van der Waals surface area contributed by atoms with Gasteiger partial charge in [-0.15, -0.1) is 0 Å². The number of amides is 1. The zero-order chi connectivity index (χ0) is 14.0.